The molecule has 3 nitrogen and oxygen atoms in total. The van der Waals surface area contributed by atoms with E-state index in [1.54, 1.807) is 13.8 Å². The maximum absolute atomic E-state index is 11.7. The number of nitrogens with two attached hydrogens (primary N) is 1. The Kier molecular flexibility index (Phi) is 5.28. The van der Waals surface area contributed by atoms with E-state index in [-0.39, 0.29) is 17.9 Å². The third-order valence-corrected chi connectivity index (χ3v) is 1.93. The van der Waals surface area contributed by atoms with Crippen molar-refractivity contribution in [1.29, 1.82) is 0 Å². The number of carbonyl (C=O) groups excluding carboxylic acids is 1. The minimum absolute atomic E-state index is 0.329. The second-order valence-corrected chi connectivity index (χ2v) is 3.93. The van der Waals surface area contributed by atoms with Crippen LogP contribution in [0.4, 0.5) is 13.2 Å². The molecule has 0 amide bonds. The third kappa shape index (κ3) is 7.02. The van der Waals surface area contributed by atoms with Crippen LogP contribution in [0.2, 0.25) is 0 Å². The van der Waals surface area contributed by atoms with Gasteiger partial charge in [-0.05, 0) is 25.6 Å². The fraction of sp³-hybridized carbons (Fsp3) is 0.857. The lowest BCUT2D eigenvalue weighted by molar-refractivity contribution is -0.148. The van der Waals surface area contributed by atoms with Gasteiger partial charge in [-0.3, -0.25) is 4.79 Å². The van der Waals surface area contributed by atoms with Crippen molar-refractivity contribution in [2.75, 3.05) is 5.75 Å². The zero-order chi connectivity index (χ0) is 11.4. The molecule has 2 N–H and O–H groups in total. The molecule has 0 aromatic carbocycles. The van der Waals surface area contributed by atoms with Crippen molar-refractivity contribution in [2.24, 2.45) is 5.73 Å². The van der Waals surface area contributed by atoms with Gasteiger partial charge in [-0.25, -0.2) is 0 Å². The van der Waals surface area contributed by atoms with E-state index in [4.69, 9.17) is 5.73 Å². The number of thioether (sulfide) groups is 1. The van der Waals surface area contributed by atoms with Gasteiger partial charge in [0.05, 0.1) is 6.10 Å². The first-order valence-electron chi connectivity index (χ1n) is 3.89. The zero-order valence-electron chi connectivity index (χ0n) is 7.80. The number of carbonyl (C=O) groups is 1. The molecule has 0 aliphatic carbocycles. The van der Waals surface area contributed by atoms with Crippen LogP contribution in [-0.2, 0) is 9.53 Å². The minimum atomic E-state index is -4.37. The molecule has 0 fully saturated rings. The summed E-state index contributed by atoms with van der Waals surface area (Å²) in [6, 6.07) is -1.23. The van der Waals surface area contributed by atoms with E-state index < -0.39 is 23.3 Å². The zero-order valence-corrected chi connectivity index (χ0v) is 8.61. The Balaban J connectivity index is 3.85. The maximum Gasteiger partial charge on any atom is 0.441 e. The van der Waals surface area contributed by atoms with Gasteiger partial charge in [0.1, 0.15) is 6.04 Å². The molecule has 0 rings (SSSR count). The Morgan fingerprint density at radius 3 is 2.36 bits per heavy atom. The summed E-state index contributed by atoms with van der Waals surface area (Å²) in [5.41, 5.74) is 0.812. The van der Waals surface area contributed by atoms with E-state index in [9.17, 15) is 18.0 Å². The van der Waals surface area contributed by atoms with Gasteiger partial charge in [0.2, 0.25) is 0 Å². The van der Waals surface area contributed by atoms with E-state index in [1.165, 1.54) is 0 Å². The molecule has 0 radical (unpaired) electrons. The van der Waals surface area contributed by atoms with E-state index in [0.29, 0.717) is 0 Å². The standard InChI is InChI=1S/C7H12F3NO2S/c1-4(2)13-6(12)5(11)3-14-7(8,9)10/h4-5H,3,11H2,1-2H3. The van der Waals surface area contributed by atoms with Crippen LogP contribution in [-0.4, -0.2) is 29.4 Å². The molecule has 0 saturated heterocycles. The Hall–Kier alpha value is -0.430. The first kappa shape index (κ1) is 13.6. The van der Waals surface area contributed by atoms with Gasteiger partial charge in [-0.2, -0.15) is 13.2 Å². The van der Waals surface area contributed by atoms with Crippen LogP contribution in [0.5, 0.6) is 0 Å². The highest BCUT2D eigenvalue weighted by atomic mass is 32.2. The van der Waals surface area contributed by atoms with Crippen molar-refractivity contribution in [3.8, 4) is 0 Å². The molecule has 0 bridgehead atoms. The number of rotatable bonds is 4. The molecular formula is C7H12F3NO2S. The largest absolute Gasteiger partial charge is 0.462 e. The van der Waals surface area contributed by atoms with Crippen molar-refractivity contribution in [2.45, 2.75) is 31.5 Å². The van der Waals surface area contributed by atoms with Gasteiger partial charge in [-0.15, -0.1) is 0 Å². The first-order chi connectivity index (χ1) is 6.22. The van der Waals surface area contributed by atoms with Crippen LogP contribution in [0.1, 0.15) is 13.8 Å². The first-order valence-corrected chi connectivity index (χ1v) is 4.87. The van der Waals surface area contributed by atoms with Crippen LogP contribution in [0, 0.1) is 0 Å². The molecule has 0 aliphatic rings. The number of hydrogen-bond acceptors (Lipinski definition) is 4. The molecular weight excluding hydrogens is 219 g/mol. The van der Waals surface area contributed by atoms with E-state index in [1.807, 2.05) is 0 Å². The lowest BCUT2D eigenvalue weighted by Gasteiger charge is -2.14. The predicted molar refractivity (Wildman–Crippen MR) is 47.7 cm³/mol. The van der Waals surface area contributed by atoms with Crippen molar-refractivity contribution in [3.63, 3.8) is 0 Å². The molecule has 1 atom stereocenters. The van der Waals surface area contributed by atoms with Crippen LogP contribution in [0.15, 0.2) is 0 Å². The average molecular weight is 231 g/mol. The van der Waals surface area contributed by atoms with E-state index >= 15 is 0 Å². The number of alkyl halides is 3. The van der Waals surface area contributed by atoms with Gasteiger partial charge < -0.3 is 10.5 Å². The van der Waals surface area contributed by atoms with Crippen LogP contribution >= 0.6 is 11.8 Å². The predicted octanol–water partition coefficient (Wildman–Crippen LogP) is 1.52. The molecule has 0 aromatic rings. The molecule has 14 heavy (non-hydrogen) atoms. The van der Waals surface area contributed by atoms with Crippen LogP contribution < -0.4 is 5.73 Å². The highest BCUT2D eigenvalue weighted by Crippen LogP contribution is 2.30. The normalized spacial score (nSPS) is 14.2. The summed E-state index contributed by atoms with van der Waals surface area (Å²) < 4.78 is 39.7. The lowest BCUT2D eigenvalue weighted by atomic mass is 10.3. The molecule has 0 aliphatic heterocycles. The Morgan fingerprint density at radius 1 is 1.50 bits per heavy atom. The summed E-state index contributed by atoms with van der Waals surface area (Å²) in [6.07, 6.45) is -0.371. The lowest BCUT2D eigenvalue weighted by Crippen LogP contribution is -2.36. The number of halogens is 3. The molecule has 0 saturated carbocycles. The molecule has 1 unspecified atom stereocenters. The van der Waals surface area contributed by atoms with Crippen molar-refractivity contribution in [3.05, 3.63) is 0 Å². The SMILES string of the molecule is CC(C)OC(=O)C(N)CSC(F)(F)F. The summed E-state index contributed by atoms with van der Waals surface area (Å²) in [4.78, 5) is 10.9. The second-order valence-electron chi connectivity index (χ2n) is 2.85. The fourth-order valence-corrected chi connectivity index (χ4v) is 1.08. The van der Waals surface area contributed by atoms with Gasteiger partial charge >= 0.3 is 11.5 Å². The minimum Gasteiger partial charge on any atom is -0.462 e. The monoisotopic (exact) mass is 231 g/mol. The Morgan fingerprint density at radius 2 is 2.00 bits per heavy atom. The van der Waals surface area contributed by atoms with Gasteiger partial charge in [0.25, 0.3) is 0 Å². The molecule has 84 valence electrons. The van der Waals surface area contributed by atoms with Crippen LogP contribution in [0.25, 0.3) is 0 Å². The fourth-order valence-electron chi connectivity index (χ4n) is 0.572. The van der Waals surface area contributed by atoms with Gasteiger partial charge in [0, 0.05) is 5.75 Å². The third-order valence-electron chi connectivity index (χ3n) is 1.08. The highest BCUT2D eigenvalue weighted by molar-refractivity contribution is 8.00. The Bertz CT molecular complexity index is 196. The number of hydrogen-bond donors (Lipinski definition) is 1. The van der Waals surface area contributed by atoms with Gasteiger partial charge in [0.15, 0.2) is 0 Å². The highest BCUT2D eigenvalue weighted by Gasteiger charge is 2.30. The second kappa shape index (κ2) is 5.45. The summed E-state index contributed by atoms with van der Waals surface area (Å²) in [5.74, 6) is -1.33. The Labute approximate surface area is 84.2 Å². The topological polar surface area (TPSA) is 52.3 Å². The quantitative estimate of drug-likeness (QED) is 0.745. The number of esters is 1. The van der Waals surface area contributed by atoms with Gasteiger partial charge in [-0.1, -0.05) is 0 Å². The summed E-state index contributed by atoms with van der Waals surface area (Å²) >= 11 is -0.329. The summed E-state index contributed by atoms with van der Waals surface area (Å²) in [6.45, 7) is 3.20. The molecule has 0 aromatic heterocycles. The summed E-state index contributed by atoms with van der Waals surface area (Å²) in [7, 11) is 0. The molecule has 0 spiro atoms. The van der Waals surface area contributed by atoms with Crippen molar-refractivity contribution >= 4 is 17.7 Å². The average Bonchev–Trinajstić information content (AvgIpc) is 1.97. The smallest absolute Gasteiger partial charge is 0.441 e. The molecule has 7 heteroatoms. The molecule has 0 heterocycles. The maximum atomic E-state index is 11.7. The van der Waals surface area contributed by atoms with Crippen molar-refractivity contribution < 1.29 is 22.7 Å². The van der Waals surface area contributed by atoms with E-state index in [0.717, 1.165) is 0 Å². The van der Waals surface area contributed by atoms with Crippen LogP contribution in [0.3, 0.4) is 0 Å². The van der Waals surface area contributed by atoms with Crippen molar-refractivity contribution in [1.82, 2.24) is 0 Å². The van der Waals surface area contributed by atoms with E-state index in [2.05, 4.69) is 4.74 Å². The summed E-state index contributed by atoms with van der Waals surface area (Å²) in [5, 5.41) is 0. The number of ether oxygens (including phenoxy) is 1.